The van der Waals surface area contributed by atoms with E-state index in [2.05, 4.69) is 16.7 Å². The van der Waals surface area contributed by atoms with Crippen molar-refractivity contribution in [2.75, 3.05) is 12.4 Å². The van der Waals surface area contributed by atoms with Gasteiger partial charge in [0, 0.05) is 29.8 Å². The second kappa shape index (κ2) is 12.3. The van der Waals surface area contributed by atoms with Crippen LogP contribution in [-0.2, 0) is 13.0 Å². The van der Waals surface area contributed by atoms with E-state index < -0.39 is 0 Å². The van der Waals surface area contributed by atoms with Crippen LogP contribution in [-0.4, -0.2) is 39.4 Å². The Morgan fingerprint density at radius 3 is 2.33 bits per heavy atom. The van der Waals surface area contributed by atoms with Crippen LogP contribution >= 0.6 is 23.2 Å². The van der Waals surface area contributed by atoms with Gasteiger partial charge in [0.05, 0.1) is 45.6 Å². The first kappa shape index (κ1) is 29.8. The molecule has 2 amide bonds. The van der Waals surface area contributed by atoms with Crippen LogP contribution in [0.15, 0.2) is 71.5 Å². The van der Waals surface area contributed by atoms with Gasteiger partial charge in [-0.2, -0.15) is 5.26 Å². The average Bonchev–Trinajstić information content (AvgIpc) is 3.02. The highest BCUT2D eigenvalue weighted by Crippen LogP contribution is 2.28. The first-order valence-electron chi connectivity index (χ1n) is 13.6. The van der Waals surface area contributed by atoms with Gasteiger partial charge in [-0.3, -0.25) is 14.4 Å². The number of carbonyl (C=O) groups is 2. The van der Waals surface area contributed by atoms with Crippen LogP contribution in [0.1, 0.15) is 63.0 Å². The summed E-state index contributed by atoms with van der Waals surface area (Å²) >= 11 is 12.2. The second-order valence-electron chi connectivity index (χ2n) is 10.3. The summed E-state index contributed by atoms with van der Waals surface area (Å²) in [6.45, 7) is 3.94. The average molecular weight is 616 g/mol. The lowest BCUT2D eigenvalue weighted by Gasteiger charge is -2.35. The number of carbonyl (C=O) groups excluding carboxylic acids is 2. The van der Waals surface area contributed by atoms with Crippen molar-refractivity contribution < 1.29 is 9.59 Å². The molecule has 2 atom stereocenters. The Morgan fingerprint density at radius 2 is 1.70 bits per heavy atom. The van der Waals surface area contributed by atoms with Crippen molar-refractivity contribution in [1.29, 1.82) is 5.26 Å². The van der Waals surface area contributed by atoms with Gasteiger partial charge in [0.1, 0.15) is 0 Å². The van der Waals surface area contributed by atoms with Crippen LogP contribution in [0.25, 0.3) is 5.69 Å². The number of nitrogens with one attached hydrogen (secondary N) is 2. The Kier molecular flexibility index (Phi) is 8.53. The van der Waals surface area contributed by atoms with Crippen molar-refractivity contribution in [3.8, 4) is 11.8 Å². The van der Waals surface area contributed by atoms with Gasteiger partial charge >= 0.3 is 0 Å². The molecule has 1 aliphatic heterocycles. The first-order valence-corrected chi connectivity index (χ1v) is 14.4. The van der Waals surface area contributed by atoms with E-state index in [1.807, 2.05) is 26.0 Å². The third-order valence-corrected chi connectivity index (χ3v) is 8.28. The summed E-state index contributed by atoms with van der Waals surface area (Å²) in [5.74, 6) is -0.200. The number of nitriles is 1. The fourth-order valence-electron chi connectivity index (χ4n) is 5.09. The van der Waals surface area contributed by atoms with E-state index in [9.17, 15) is 19.6 Å². The topological polar surface area (TPSA) is 120 Å². The van der Waals surface area contributed by atoms with Crippen molar-refractivity contribution >= 4 is 41.0 Å². The number of amides is 2. The van der Waals surface area contributed by atoms with Crippen LogP contribution in [0.4, 0.5) is 5.95 Å². The van der Waals surface area contributed by atoms with Crippen molar-refractivity contribution in [1.82, 2.24) is 19.8 Å². The van der Waals surface area contributed by atoms with Gasteiger partial charge in [-0.1, -0.05) is 35.3 Å². The van der Waals surface area contributed by atoms with E-state index in [4.69, 9.17) is 28.2 Å². The van der Waals surface area contributed by atoms with Crippen LogP contribution < -0.4 is 16.2 Å². The molecule has 9 nitrogen and oxygen atoms in total. The van der Waals surface area contributed by atoms with Crippen LogP contribution in [0.3, 0.4) is 0 Å². The Labute approximate surface area is 258 Å². The lowest BCUT2D eigenvalue weighted by molar-refractivity contribution is 0.0653. The maximum atomic E-state index is 14.1. The molecule has 3 aromatic carbocycles. The second-order valence-corrected chi connectivity index (χ2v) is 11.2. The minimum Gasteiger partial charge on any atom is -0.355 e. The van der Waals surface area contributed by atoms with Crippen LogP contribution in [0.5, 0.6) is 0 Å². The van der Waals surface area contributed by atoms with Gasteiger partial charge in [-0.15, -0.1) is 0 Å². The molecule has 0 unspecified atom stereocenters. The summed E-state index contributed by atoms with van der Waals surface area (Å²) in [7, 11) is 1.55. The summed E-state index contributed by atoms with van der Waals surface area (Å²) < 4.78 is 1.50. The van der Waals surface area contributed by atoms with E-state index in [-0.39, 0.29) is 47.0 Å². The van der Waals surface area contributed by atoms with Crippen LogP contribution in [0.2, 0.25) is 10.0 Å². The number of nitrogens with zero attached hydrogens (tertiary/aromatic N) is 4. The quantitative estimate of drug-likeness (QED) is 0.294. The Bertz CT molecular complexity index is 1810. The minimum absolute atomic E-state index is 0.126. The summed E-state index contributed by atoms with van der Waals surface area (Å²) in [5, 5.41) is 15.8. The molecule has 43 heavy (non-hydrogen) atoms. The summed E-state index contributed by atoms with van der Waals surface area (Å²) in [6, 6.07) is 20.1. The van der Waals surface area contributed by atoms with E-state index in [1.54, 1.807) is 60.5 Å². The highest BCUT2D eigenvalue weighted by Gasteiger charge is 2.32. The van der Waals surface area contributed by atoms with E-state index in [0.717, 1.165) is 5.56 Å². The molecule has 0 spiro atoms. The maximum absolute atomic E-state index is 14.1. The largest absolute Gasteiger partial charge is 0.355 e. The van der Waals surface area contributed by atoms with Gasteiger partial charge < -0.3 is 15.5 Å². The molecule has 0 fully saturated rings. The van der Waals surface area contributed by atoms with Gasteiger partial charge in [-0.25, -0.2) is 9.55 Å². The standard InChI is InChI=1S/C32H28Cl2N6O3/c1-18-14-25-28(17-39(18)30(42)23-10-13-26(33)27(34)15-23)38-32(37-19(2)21-6-4-20(16-35)5-7-21)40(31(25)43)24-11-8-22(9-12-24)29(41)36-3/h4-13,15,18-19H,14,17H2,1-3H3,(H,36,41)(H,37,38)/t18-,19+/m1/s1. The Morgan fingerprint density at radius 1 is 1.02 bits per heavy atom. The molecule has 0 saturated carbocycles. The van der Waals surface area contributed by atoms with Crippen molar-refractivity contribution in [2.24, 2.45) is 0 Å². The molecule has 0 aliphatic carbocycles. The van der Waals surface area contributed by atoms with E-state index >= 15 is 0 Å². The van der Waals surface area contributed by atoms with E-state index in [0.29, 0.717) is 45.1 Å². The Hall–Kier alpha value is -4.65. The molecule has 5 rings (SSSR count). The third-order valence-electron chi connectivity index (χ3n) is 7.54. The van der Waals surface area contributed by atoms with Crippen LogP contribution in [0, 0.1) is 11.3 Å². The molecule has 4 aromatic rings. The zero-order valence-corrected chi connectivity index (χ0v) is 25.2. The number of hydrogen-bond acceptors (Lipinski definition) is 6. The molecular weight excluding hydrogens is 587 g/mol. The Balaban J connectivity index is 1.57. The SMILES string of the molecule is CNC(=O)c1ccc(-n2c(N[C@@H](C)c3ccc(C#N)cc3)nc3c(c2=O)C[C@@H](C)N(C(=O)c2ccc(Cl)c(Cl)c2)C3)cc1. The predicted molar refractivity (Wildman–Crippen MR) is 166 cm³/mol. The minimum atomic E-state index is -0.288. The molecule has 1 aliphatic rings. The highest BCUT2D eigenvalue weighted by atomic mass is 35.5. The number of fused-ring (bicyclic) bond motifs is 1. The molecule has 2 N–H and O–H groups in total. The molecule has 2 heterocycles. The number of aromatic nitrogens is 2. The first-order chi connectivity index (χ1) is 20.6. The molecule has 11 heteroatoms. The lowest BCUT2D eigenvalue weighted by Crippen LogP contribution is -2.46. The fourth-order valence-corrected chi connectivity index (χ4v) is 5.39. The number of benzene rings is 3. The summed E-state index contributed by atoms with van der Waals surface area (Å²) in [6.07, 6.45) is 0.302. The monoisotopic (exact) mass is 614 g/mol. The van der Waals surface area contributed by atoms with Gasteiger partial charge in [0.2, 0.25) is 5.95 Å². The molecule has 1 aromatic heterocycles. The van der Waals surface area contributed by atoms with Gasteiger partial charge in [0.25, 0.3) is 17.4 Å². The van der Waals surface area contributed by atoms with Gasteiger partial charge in [0.15, 0.2) is 0 Å². The predicted octanol–water partition coefficient (Wildman–Crippen LogP) is 5.53. The van der Waals surface area contributed by atoms with Crippen molar-refractivity contribution in [2.45, 2.75) is 38.9 Å². The van der Waals surface area contributed by atoms with Crippen molar-refractivity contribution in [3.05, 3.63) is 121 Å². The zero-order valence-electron chi connectivity index (χ0n) is 23.7. The third kappa shape index (κ3) is 5.98. The van der Waals surface area contributed by atoms with E-state index in [1.165, 1.54) is 10.6 Å². The number of anilines is 1. The van der Waals surface area contributed by atoms with Crippen molar-refractivity contribution in [3.63, 3.8) is 0 Å². The molecule has 0 radical (unpaired) electrons. The fraction of sp³-hybridized carbons (Fsp3) is 0.219. The number of halogens is 2. The molecule has 0 saturated heterocycles. The lowest BCUT2D eigenvalue weighted by atomic mass is 9.98. The summed E-state index contributed by atoms with van der Waals surface area (Å²) in [5.41, 5.74) is 3.54. The molecule has 0 bridgehead atoms. The molecule has 218 valence electrons. The highest BCUT2D eigenvalue weighted by molar-refractivity contribution is 6.42. The summed E-state index contributed by atoms with van der Waals surface area (Å²) in [4.78, 5) is 46.3. The molecular formula is C32H28Cl2N6O3. The smallest absolute Gasteiger partial charge is 0.263 e. The normalized spacial score (nSPS) is 14.8. The number of rotatable bonds is 6. The zero-order chi connectivity index (χ0) is 30.8. The maximum Gasteiger partial charge on any atom is 0.263 e. The van der Waals surface area contributed by atoms with Gasteiger partial charge in [-0.05, 0) is 80.4 Å². The number of hydrogen-bond donors (Lipinski definition) is 2.